The molecule has 11 heteroatoms. The molecule has 9 nitrogen and oxygen atoms in total. The fourth-order valence-electron chi connectivity index (χ4n) is 2.35. The van der Waals surface area contributed by atoms with Crippen molar-refractivity contribution in [3.63, 3.8) is 0 Å². The van der Waals surface area contributed by atoms with E-state index in [2.05, 4.69) is 9.73 Å². The molecular formula is C13H23F2N3O6. The zero-order valence-electron chi connectivity index (χ0n) is 13.3. The summed E-state index contributed by atoms with van der Waals surface area (Å²) >= 11 is 0. The molecule has 1 rings (SSSR count). The first-order chi connectivity index (χ1) is 11.1. The van der Waals surface area contributed by atoms with Gasteiger partial charge in [-0.05, 0) is 13.8 Å². The Morgan fingerprint density at radius 3 is 2.54 bits per heavy atom. The van der Waals surface area contributed by atoms with Crippen molar-refractivity contribution >= 4 is 11.8 Å². The van der Waals surface area contributed by atoms with Gasteiger partial charge in [-0.1, -0.05) is 0 Å². The number of aliphatic hydroxyl groups is 3. The highest BCUT2D eigenvalue weighted by Gasteiger charge is 2.62. The van der Waals surface area contributed by atoms with Crippen LogP contribution in [0.2, 0.25) is 0 Å². The second-order valence-electron chi connectivity index (χ2n) is 5.43. The number of ether oxygens (including phenoxy) is 2. The number of aliphatic imine (C=N–C) groups is 1. The number of esters is 1. The minimum atomic E-state index is -3.60. The van der Waals surface area contributed by atoms with Gasteiger partial charge in [0.2, 0.25) is 0 Å². The number of amidine groups is 1. The number of rotatable bonds is 6. The average molecular weight is 355 g/mol. The van der Waals surface area contributed by atoms with E-state index in [1.54, 1.807) is 0 Å². The molecule has 0 bridgehead atoms. The largest absolute Gasteiger partial charge is 0.462 e. The van der Waals surface area contributed by atoms with Gasteiger partial charge < -0.3 is 36.3 Å². The molecule has 0 aliphatic carbocycles. The minimum Gasteiger partial charge on any atom is -0.462 e. The van der Waals surface area contributed by atoms with E-state index in [0.717, 1.165) is 0 Å². The maximum absolute atomic E-state index is 14.9. The molecule has 0 aromatic carbocycles. The molecule has 1 aliphatic rings. The first kappa shape index (κ1) is 20.6. The van der Waals surface area contributed by atoms with Crippen LogP contribution in [0.15, 0.2) is 4.99 Å². The fraction of sp³-hybridized carbons (Fsp3) is 0.846. The molecule has 7 atom stereocenters. The molecule has 5 unspecified atom stereocenters. The summed E-state index contributed by atoms with van der Waals surface area (Å²) in [5.74, 6) is -5.40. The number of halogens is 2. The van der Waals surface area contributed by atoms with Gasteiger partial charge in [0.25, 0.3) is 0 Å². The molecule has 1 heterocycles. The minimum absolute atomic E-state index is 0.137. The fourth-order valence-corrected chi connectivity index (χ4v) is 2.35. The van der Waals surface area contributed by atoms with E-state index in [1.165, 1.54) is 13.8 Å². The summed E-state index contributed by atoms with van der Waals surface area (Å²) in [5.41, 5.74) is 11.1. The molecule has 0 radical (unpaired) electrons. The van der Waals surface area contributed by atoms with Crippen LogP contribution < -0.4 is 11.5 Å². The third kappa shape index (κ3) is 3.98. The van der Waals surface area contributed by atoms with Gasteiger partial charge in [0, 0.05) is 0 Å². The van der Waals surface area contributed by atoms with Crippen LogP contribution in [0.4, 0.5) is 8.78 Å². The van der Waals surface area contributed by atoms with Gasteiger partial charge in [0.1, 0.15) is 24.4 Å². The molecule has 0 aromatic heterocycles. The van der Waals surface area contributed by atoms with Gasteiger partial charge in [0.15, 0.2) is 6.17 Å². The van der Waals surface area contributed by atoms with Crippen LogP contribution in [-0.2, 0) is 14.3 Å². The number of hydrogen-bond acceptors (Lipinski definition) is 8. The maximum atomic E-state index is 14.9. The van der Waals surface area contributed by atoms with Gasteiger partial charge >= 0.3 is 11.8 Å². The first-order valence-electron chi connectivity index (χ1n) is 7.30. The highest BCUT2D eigenvalue weighted by Crippen LogP contribution is 2.37. The van der Waals surface area contributed by atoms with Crippen molar-refractivity contribution in [3.05, 3.63) is 0 Å². The Kier molecular flexibility index (Phi) is 6.98. The smallest absolute Gasteiger partial charge is 0.375 e. The number of carbonyl (C=O) groups is 1. The Hall–Kier alpha value is -1.40. The molecule has 0 aromatic rings. The SMILES string of the molecule is CCOC(=O)C1(F)OC([C@H](O)[C@H](O)CO)C(N)C(N=C(C)N)C1F. The van der Waals surface area contributed by atoms with E-state index in [1.807, 2.05) is 0 Å². The number of alkyl halides is 2. The Balaban J connectivity index is 3.27. The van der Waals surface area contributed by atoms with Crippen LogP contribution >= 0.6 is 0 Å². The normalized spacial score (nSPS) is 36.9. The number of carbonyl (C=O) groups excluding carboxylic acids is 1. The second kappa shape index (κ2) is 8.12. The average Bonchev–Trinajstić information content (AvgIpc) is 2.53. The third-order valence-corrected chi connectivity index (χ3v) is 3.56. The predicted octanol–water partition coefficient (Wildman–Crippen LogP) is -2.26. The van der Waals surface area contributed by atoms with Crippen molar-refractivity contribution in [2.75, 3.05) is 13.2 Å². The summed E-state index contributed by atoms with van der Waals surface area (Å²) in [6.45, 7) is 1.54. The number of hydrogen-bond donors (Lipinski definition) is 5. The molecule has 1 saturated heterocycles. The second-order valence-corrected chi connectivity index (χ2v) is 5.43. The molecular weight excluding hydrogens is 332 g/mol. The van der Waals surface area contributed by atoms with Crippen molar-refractivity contribution in [2.24, 2.45) is 16.5 Å². The van der Waals surface area contributed by atoms with Crippen LogP contribution in [0, 0.1) is 0 Å². The number of nitrogens with zero attached hydrogens (tertiary/aromatic N) is 1. The Morgan fingerprint density at radius 2 is 2.08 bits per heavy atom. The highest BCUT2D eigenvalue weighted by molar-refractivity contribution is 5.80. The molecule has 1 fully saturated rings. The van der Waals surface area contributed by atoms with Crippen molar-refractivity contribution in [1.82, 2.24) is 0 Å². The zero-order chi connectivity index (χ0) is 18.7. The molecule has 1 aliphatic heterocycles. The summed E-state index contributed by atoms with van der Waals surface area (Å²) in [5, 5.41) is 28.4. The lowest BCUT2D eigenvalue weighted by molar-refractivity contribution is -0.276. The van der Waals surface area contributed by atoms with E-state index in [-0.39, 0.29) is 12.4 Å². The number of nitrogens with two attached hydrogens (primary N) is 2. The summed E-state index contributed by atoms with van der Waals surface area (Å²) in [6.07, 6.45) is -8.06. The van der Waals surface area contributed by atoms with Crippen molar-refractivity contribution < 1.29 is 38.4 Å². The van der Waals surface area contributed by atoms with Gasteiger partial charge in [0.05, 0.1) is 25.1 Å². The third-order valence-electron chi connectivity index (χ3n) is 3.56. The highest BCUT2D eigenvalue weighted by atomic mass is 19.2. The lowest BCUT2D eigenvalue weighted by Gasteiger charge is -2.44. The molecule has 0 amide bonds. The Labute approximate surface area is 137 Å². The molecule has 7 N–H and O–H groups in total. The lowest BCUT2D eigenvalue weighted by Crippen LogP contribution is -2.69. The molecule has 24 heavy (non-hydrogen) atoms. The quantitative estimate of drug-likeness (QED) is 0.203. The summed E-state index contributed by atoms with van der Waals surface area (Å²) < 4.78 is 38.7. The zero-order valence-corrected chi connectivity index (χ0v) is 13.3. The van der Waals surface area contributed by atoms with Crippen LogP contribution in [0.3, 0.4) is 0 Å². The summed E-state index contributed by atoms with van der Waals surface area (Å²) in [4.78, 5) is 15.5. The molecule has 0 spiro atoms. The van der Waals surface area contributed by atoms with Crippen LogP contribution in [0.1, 0.15) is 13.8 Å². The van der Waals surface area contributed by atoms with Gasteiger partial charge in [-0.2, -0.15) is 4.39 Å². The van der Waals surface area contributed by atoms with E-state index in [4.69, 9.17) is 21.3 Å². The standard InChI is InChI=1S/C13H23F2N3O6/c1-3-23-12(22)13(15)11(14)8(18-5(2)16)7(17)10(24-13)9(21)6(20)4-19/h6-11,19-21H,3-4,17H2,1-2H3,(H2,16,18)/t6-,7?,8?,9-,10?,11?,13?/m1/s1. The number of aliphatic hydroxyl groups excluding tert-OH is 3. The lowest BCUT2D eigenvalue weighted by atomic mass is 9.87. The van der Waals surface area contributed by atoms with Crippen LogP contribution in [0.25, 0.3) is 0 Å². The Morgan fingerprint density at radius 1 is 1.50 bits per heavy atom. The predicted molar refractivity (Wildman–Crippen MR) is 78.4 cm³/mol. The Bertz CT molecular complexity index is 479. The van der Waals surface area contributed by atoms with Crippen molar-refractivity contribution in [3.8, 4) is 0 Å². The van der Waals surface area contributed by atoms with Gasteiger partial charge in [-0.15, -0.1) is 0 Å². The topological polar surface area (TPSA) is 161 Å². The summed E-state index contributed by atoms with van der Waals surface area (Å²) in [6, 6.07) is -3.13. The van der Waals surface area contributed by atoms with E-state index in [0.29, 0.717) is 0 Å². The maximum Gasteiger partial charge on any atom is 0.375 e. The van der Waals surface area contributed by atoms with E-state index >= 15 is 0 Å². The molecule has 0 saturated carbocycles. The van der Waals surface area contributed by atoms with Crippen molar-refractivity contribution in [2.45, 2.75) is 56.3 Å². The van der Waals surface area contributed by atoms with Crippen LogP contribution in [0.5, 0.6) is 0 Å². The summed E-state index contributed by atoms with van der Waals surface area (Å²) in [7, 11) is 0. The van der Waals surface area contributed by atoms with Gasteiger partial charge in [-0.25, -0.2) is 9.18 Å². The molecule has 140 valence electrons. The van der Waals surface area contributed by atoms with Crippen molar-refractivity contribution in [1.29, 1.82) is 0 Å². The monoisotopic (exact) mass is 355 g/mol. The van der Waals surface area contributed by atoms with Gasteiger partial charge in [-0.3, -0.25) is 4.99 Å². The van der Waals surface area contributed by atoms with E-state index < -0.39 is 55.0 Å². The first-order valence-corrected chi connectivity index (χ1v) is 7.30. The van der Waals surface area contributed by atoms with E-state index in [9.17, 15) is 23.8 Å². The van der Waals surface area contributed by atoms with Crippen LogP contribution in [-0.4, -0.2) is 82.8 Å².